The van der Waals surface area contributed by atoms with Gasteiger partial charge in [0.2, 0.25) is 5.91 Å². The Labute approximate surface area is 247 Å². The van der Waals surface area contributed by atoms with Gasteiger partial charge in [0.25, 0.3) is 0 Å². The minimum absolute atomic E-state index is 0.00833. The van der Waals surface area contributed by atoms with Crippen LogP contribution in [0.5, 0.6) is 0 Å². The van der Waals surface area contributed by atoms with E-state index >= 15 is 0 Å². The molecular weight excluding hydrogens is 565 g/mol. The molecule has 41 heavy (non-hydrogen) atoms. The molecule has 216 valence electrons. The van der Waals surface area contributed by atoms with E-state index in [4.69, 9.17) is 11.6 Å². The first-order valence-corrected chi connectivity index (χ1v) is 15.4. The SMILES string of the molecule is O=C(Nc1cc(Nc2cc(-c3cc(Cl)ccc3F)nnc2SCCO)ccn1)C1CC(N2CCN(C3CC3)CC2)C1. The average Bonchev–Trinajstić information content (AvgIpc) is 3.79. The van der Waals surface area contributed by atoms with Gasteiger partial charge in [-0.25, -0.2) is 9.37 Å². The van der Waals surface area contributed by atoms with E-state index in [1.165, 1.54) is 42.8 Å². The lowest BCUT2D eigenvalue weighted by Gasteiger charge is -2.46. The summed E-state index contributed by atoms with van der Waals surface area (Å²) < 4.78 is 14.5. The first-order valence-electron chi connectivity index (χ1n) is 14.1. The Kier molecular flexibility index (Phi) is 8.68. The van der Waals surface area contributed by atoms with Crippen LogP contribution in [0.2, 0.25) is 5.02 Å². The summed E-state index contributed by atoms with van der Waals surface area (Å²) in [5, 5.41) is 25.0. The number of rotatable bonds is 10. The van der Waals surface area contributed by atoms with Gasteiger partial charge in [-0.3, -0.25) is 14.6 Å². The Bertz CT molecular complexity index is 1400. The number of aliphatic hydroxyl groups excluding tert-OH is 1. The van der Waals surface area contributed by atoms with Gasteiger partial charge in [-0.1, -0.05) is 11.6 Å². The number of carbonyl (C=O) groups excluding carboxylic acids is 1. The number of amides is 1. The van der Waals surface area contributed by atoms with Crippen molar-refractivity contribution in [3.63, 3.8) is 0 Å². The number of carbonyl (C=O) groups is 1. The molecule has 0 spiro atoms. The van der Waals surface area contributed by atoms with Crippen molar-refractivity contribution in [1.82, 2.24) is 25.0 Å². The van der Waals surface area contributed by atoms with Crippen molar-refractivity contribution < 1.29 is 14.3 Å². The highest BCUT2D eigenvalue weighted by molar-refractivity contribution is 7.99. The standard InChI is InChI=1S/C29H33ClFN7O2S/c30-19-1-4-24(31)23(15-19)25-17-26(29(36-35-25)41-12-11-39)33-20-5-6-32-27(16-20)34-28(40)18-13-22(14-18)38-9-7-37(8-10-38)21-2-3-21/h1,4-6,15-18,21-22,39H,2-3,7-14H2,(H2,32,33,34,35,40). The van der Waals surface area contributed by atoms with Gasteiger partial charge in [0.05, 0.1) is 18.0 Å². The van der Waals surface area contributed by atoms with Crippen LogP contribution in [0.25, 0.3) is 11.3 Å². The van der Waals surface area contributed by atoms with Crippen LogP contribution < -0.4 is 10.6 Å². The van der Waals surface area contributed by atoms with Gasteiger partial charge < -0.3 is 15.7 Å². The number of pyridine rings is 1. The minimum atomic E-state index is -0.460. The van der Waals surface area contributed by atoms with Crippen LogP contribution in [-0.4, -0.2) is 86.6 Å². The smallest absolute Gasteiger partial charge is 0.228 e. The zero-order valence-corrected chi connectivity index (χ0v) is 24.2. The van der Waals surface area contributed by atoms with Gasteiger partial charge in [0.1, 0.15) is 16.7 Å². The Morgan fingerprint density at radius 2 is 1.80 bits per heavy atom. The maximum Gasteiger partial charge on any atom is 0.228 e. The van der Waals surface area contributed by atoms with Gasteiger partial charge >= 0.3 is 0 Å². The number of piperazine rings is 1. The number of aromatic nitrogens is 3. The highest BCUT2D eigenvalue weighted by Gasteiger charge is 2.40. The van der Waals surface area contributed by atoms with Gasteiger partial charge in [0.15, 0.2) is 0 Å². The van der Waals surface area contributed by atoms with E-state index in [1.807, 2.05) is 0 Å². The average molecular weight is 598 g/mol. The highest BCUT2D eigenvalue weighted by Crippen LogP contribution is 2.36. The number of nitrogens with one attached hydrogen (secondary N) is 2. The van der Waals surface area contributed by atoms with E-state index in [0.717, 1.165) is 45.1 Å². The van der Waals surface area contributed by atoms with Crippen molar-refractivity contribution in [3.8, 4) is 11.3 Å². The molecule has 1 saturated heterocycles. The summed E-state index contributed by atoms with van der Waals surface area (Å²) in [6.07, 6.45) is 6.08. The monoisotopic (exact) mass is 597 g/mol. The van der Waals surface area contributed by atoms with Crippen molar-refractivity contribution in [3.05, 3.63) is 53.4 Å². The van der Waals surface area contributed by atoms with Crippen LogP contribution in [0.4, 0.5) is 21.6 Å². The maximum atomic E-state index is 14.5. The first kappa shape index (κ1) is 28.3. The molecule has 1 amide bonds. The molecule has 3 heterocycles. The molecule has 1 aliphatic heterocycles. The fourth-order valence-corrected chi connectivity index (χ4v) is 6.33. The van der Waals surface area contributed by atoms with Crippen molar-refractivity contribution >= 4 is 46.5 Å². The molecule has 9 nitrogen and oxygen atoms in total. The number of thioether (sulfide) groups is 1. The number of anilines is 3. The van der Waals surface area contributed by atoms with Crippen LogP contribution in [0.3, 0.4) is 0 Å². The molecule has 0 radical (unpaired) electrons. The second-order valence-corrected chi connectivity index (χ2v) is 12.3. The predicted molar refractivity (Wildman–Crippen MR) is 159 cm³/mol. The molecule has 0 bridgehead atoms. The molecule has 0 unspecified atom stereocenters. The van der Waals surface area contributed by atoms with Crippen LogP contribution in [0, 0.1) is 11.7 Å². The van der Waals surface area contributed by atoms with E-state index in [1.54, 1.807) is 24.4 Å². The summed E-state index contributed by atoms with van der Waals surface area (Å²) in [5.41, 5.74) is 1.81. The summed E-state index contributed by atoms with van der Waals surface area (Å²) in [5.74, 6) is 0.393. The molecule has 1 aromatic carbocycles. The molecule has 2 saturated carbocycles. The summed E-state index contributed by atoms with van der Waals surface area (Å²) in [7, 11) is 0. The van der Waals surface area contributed by atoms with Crippen LogP contribution >= 0.6 is 23.4 Å². The van der Waals surface area contributed by atoms with Gasteiger partial charge in [-0.2, -0.15) is 0 Å². The van der Waals surface area contributed by atoms with E-state index < -0.39 is 5.82 Å². The number of aliphatic hydroxyl groups is 1. The zero-order valence-electron chi connectivity index (χ0n) is 22.6. The molecule has 3 fully saturated rings. The van der Waals surface area contributed by atoms with Crippen LogP contribution in [0.1, 0.15) is 25.7 Å². The van der Waals surface area contributed by atoms with Crippen molar-refractivity contribution in [2.75, 3.05) is 49.2 Å². The molecule has 3 aromatic rings. The lowest BCUT2D eigenvalue weighted by atomic mass is 9.78. The lowest BCUT2D eigenvalue weighted by Crippen LogP contribution is -2.55. The van der Waals surface area contributed by atoms with E-state index in [-0.39, 0.29) is 24.0 Å². The summed E-state index contributed by atoms with van der Waals surface area (Å²) in [6, 6.07) is 10.8. The third-order valence-corrected chi connectivity index (χ3v) is 9.19. The number of hydrogen-bond acceptors (Lipinski definition) is 9. The normalized spacial score (nSPS) is 21.3. The van der Waals surface area contributed by atoms with Crippen molar-refractivity contribution in [2.24, 2.45) is 5.92 Å². The second kappa shape index (κ2) is 12.6. The number of nitrogens with zero attached hydrogens (tertiary/aromatic N) is 5. The second-order valence-electron chi connectivity index (χ2n) is 10.8. The first-order chi connectivity index (χ1) is 20.0. The molecule has 2 aromatic heterocycles. The summed E-state index contributed by atoms with van der Waals surface area (Å²) in [6.45, 7) is 4.45. The largest absolute Gasteiger partial charge is 0.396 e. The Hall–Kier alpha value is -2.83. The topological polar surface area (TPSA) is 107 Å². The summed E-state index contributed by atoms with van der Waals surface area (Å²) >= 11 is 7.41. The van der Waals surface area contributed by atoms with Crippen LogP contribution in [0.15, 0.2) is 47.6 Å². The number of halogens is 2. The highest BCUT2D eigenvalue weighted by atomic mass is 35.5. The fourth-order valence-electron chi connectivity index (χ4n) is 5.51. The number of benzene rings is 1. The fraction of sp³-hybridized carbons (Fsp3) is 0.448. The zero-order chi connectivity index (χ0) is 28.3. The van der Waals surface area contributed by atoms with Crippen molar-refractivity contribution in [1.29, 1.82) is 0 Å². The molecule has 6 rings (SSSR count). The Morgan fingerprint density at radius 1 is 1.05 bits per heavy atom. The van der Waals surface area contributed by atoms with Gasteiger partial charge in [0, 0.05) is 78.5 Å². The van der Waals surface area contributed by atoms with E-state index in [2.05, 4.69) is 35.6 Å². The van der Waals surface area contributed by atoms with E-state index in [0.29, 0.717) is 44.7 Å². The third kappa shape index (κ3) is 6.81. The maximum absolute atomic E-state index is 14.5. The van der Waals surface area contributed by atoms with Gasteiger partial charge in [-0.15, -0.1) is 22.0 Å². The Morgan fingerprint density at radius 3 is 2.54 bits per heavy atom. The van der Waals surface area contributed by atoms with E-state index in [9.17, 15) is 14.3 Å². The quantitative estimate of drug-likeness (QED) is 0.288. The molecule has 0 atom stereocenters. The third-order valence-electron chi connectivity index (χ3n) is 8.00. The van der Waals surface area contributed by atoms with Crippen LogP contribution in [-0.2, 0) is 4.79 Å². The predicted octanol–water partition coefficient (Wildman–Crippen LogP) is 4.66. The molecule has 2 aliphatic carbocycles. The molecule has 3 aliphatic rings. The minimum Gasteiger partial charge on any atom is -0.396 e. The lowest BCUT2D eigenvalue weighted by molar-refractivity contribution is -0.124. The molecule has 12 heteroatoms. The number of hydrogen-bond donors (Lipinski definition) is 3. The Balaban J connectivity index is 1.09. The molecule has 3 N–H and O–H groups in total. The van der Waals surface area contributed by atoms with Crippen molar-refractivity contribution in [2.45, 2.75) is 42.8 Å². The molecular formula is C29H33ClFN7O2S. The summed E-state index contributed by atoms with van der Waals surface area (Å²) in [4.78, 5) is 22.5. The van der Waals surface area contributed by atoms with Gasteiger partial charge in [-0.05, 0) is 56.0 Å².